The summed E-state index contributed by atoms with van der Waals surface area (Å²) < 4.78 is 18.5. The molecule has 184 valence electrons. The molecule has 0 spiro atoms. The number of methoxy groups -OCH3 is 1. The molecule has 1 aliphatic heterocycles. The molecule has 0 amide bonds. The molecule has 3 heterocycles. The Morgan fingerprint density at radius 3 is 2.82 bits per heavy atom. The Hall–Kier alpha value is -2.36. The number of hydrogen-bond donors (Lipinski definition) is 0. The number of oxazole rings is 1. The SMILES string of the molecule is COC(=O)c1coc(C2CN(CCCc3nc4ccccc4n3COCC[S+](C)C(C)C)C2)n1. The lowest BCUT2D eigenvalue weighted by Crippen LogP contribution is -2.45. The van der Waals surface area contributed by atoms with Crippen molar-refractivity contribution in [3.8, 4) is 0 Å². The molecule has 3 aromatic rings. The predicted molar refractivity (Wildman–Crippen MR) is 134 cm³/mol. The highest BCUT2D eigenvalue weighted by Crippen LogP contribution is 2.27. The highest BCUT2D eigenvalue weighted by atomic mass is 32.2. The van der Waals surface area contributed by atoms with Gasteiger partial charge in [0.1, 0.15) is 29.8 Å². The third-order valence-corrected chi connectivity index (χ3v) is 8.83. The fraction of sp³-hybridized carbons (Fsp3) is 0.560. The van der Waals surface area contributed by atoms with Crippen LogP contribution in [0, 0.1) is 0 Å². The van der Waals surface area contributed by atoms with Gasteiger partial charge in [-0.3, -0.25) is 0 Å². The van der Waals surface area contributed by atoms with Crippen molar-refractivity contribution >= 4 is 27.9 Å². The number of fused-ring (bicyclic) bond motifs is 1. The number of hydrogen-bond acceptors (Lipinski definition) is 7. The molecule has 1 atom stereocenters. The molecule has 9 heteroatoms. The summed E-state index contributed by atoms with van der Waals surface area (Å²) in [6, 6.07) is 8.27. The Morgan fingerprint density at radius 2 is 2.06 bits per heavy atom. The van der Waals surface area contributed by atoms with Gasteiger partial charge in [-0.15, -0.1) is 0 Å². The van der Waals surface area contributed by atoms with Crippen molar-refractivity contribution in [2.24, 2.45) is 0 Å². The Labute approximate surface area is 204 Å². The van der Waals surface area contributed by atoms with Crippen molar-refractivity contribution in [1.29, 1.82) is 0 Å². The van der Waals surface area contributed by atoms with Crippen molar-refractivity contribution in [1.82, 2.24) is 19.4 Å². The van der Waals surface area contributed by atoms with Gasteiger partial charge < -0.3 is 23.4 Å². The van der Waals surface area contributed by atoms with E-state index in [4.69, 9.17) is 18.9 Å². The van der Waals surface area contributed by atoms with E-state index in [9.17, 15) is 4.79 Å². The number of carbonyl (C=O) groups is 1. The van der Waals surface area contributed by atoms with Crippen LogP contribution in [-0.2, 0) is 33.5 Å². The van der Waals surface area contributed by atoms with E-state index in [1.165, 1.54) is 13.4 Å². The third kappa shape index (κ3) is 5.82. The molecule has 1 fully saturated rings. The van der Waals surface area contributed by atoms with Gasteiger partial charge in [0.05, 0.1) is 36.9 Å². The largest absolute Gasteiger partial charge is 0.464 e. The summed E-state index contributed by atoms with van der Waals surface area (Å²) in [5.74, 6) is 2.55. The summed E-state index contributed by atoms with van der Waals surface area (Å²) in [5.41, 5.74) is 2.38. The summed E-state index contributed by atoms with van der Waals surface area (Å²) in [7, 11) is 1.73. The van der Waals surface area contributed by atoms with Crippen LogP contribution in [0.15, 0.2) is 34.9 Å². The average Bonchev–Trinajstić information content (AvgIpc) is 3.42. The van der Waals surface area contributed by atoms with Crippen molar-refractivity contribution in [2.75, 3.05) is 45.4 Å². The molecule has 0 bridgehead atoms. The molecule has 0 radical (unpaired) electrons. The van der Waals surface area contributed by atoms with E-state index in [1.54, 1.807) is 0 Å². The molecule has 8 nitrogen and oxygen atoms in total. The minimum absolute atomic E-state index is 0.227. The van der Waals surface area contributed by atoms with Crippen LogP contribution in [0.4, 0.5) is 0 Å². The van der Waals surface area contributed by atoms with E-state index in [0.29, 0.717) is 28.8 Å². The summed E-state index contributed by atoms with van der Waals surface area (Å²) >= 11 is 0. The molecule has 1 aromatic carbocycles. The lowest BCUT2D eigenvalue weighted by molar-refractivity contribution is 0.0593. The van der Waals surface area contributed by atoms with Gasteiger partial charge >= 0.3 is 5.97 Å². The Morgan fingerprint density at radius 1 is 1.26 bits per heavy atom. The quantitative estimate of drug-likeness (QED) is 0.220. The van der Waals surface area contributed by atoms with Gasteiger partial charge in [-0.1, -0.05) is 12.1 Å². The Balaban J connectivity index is 1.27. The van der Waals surface area contributed by atoms with E-state index in [1.807, 2.05) is 6.07 Å². The molecule has 1 aliphatic rings. The second-order valence-corrected chi connectivity index (χ2v) is 11.8. The van der Waals surface area contributed by atoms with Crippen LogP contribution in [0.5, 0.6) is 0 Å². The van der Waals surface area contributed by atoms with Crippen LogP contribution in [0.3, 0.4) is 0 Å². The second kappa shape index (κ2) is 11.4. The van der Waals surface area contributed by atoms with Crippen LogP contribution >= 0.6 is 0 Å². The van der Waals surface area contributed by atoms with Crippen LogP contribution in [-0.4, -0.2) is 76.0 Å². The van der Waals surface area contributed by atoms with Crippen molar-refractivity contribution in [3.05, 3.63) is 47.9 Å². The lowest BCUT2D eigenvalue weighted by atomic mass is 10.00. The maximum Gasteiger partial charge on any atom is 0.360 e. The first-order chi connectivity index (χ1) is 16.5. The Kier molecular flexibility index (Phi) is 8.28. The van der Waals surface area contributed by atoms with E-state index in [-0.39, 0.29) is 11.6 Å². The zero-order chi connectivity index (χ0) is 24.1. The highest BCUT2D eigenvalue weighted by molar-refractivity contribution is 7.96. The fourth-order valence-electron chi connectivity index (χ4n) is 4.09. The van der Waals surface area contributed by atoms with E-state index >= 15 is 0 Å². The highest BCUT2D eigenvalue weighted by Gasteiger charge is 2.32. The van der Waals surface area contributed by atoms with Gasteiger partial charge in [0.25, 0.3) is 0 Å². The monoisotopic (exact) mass is 487 g/mol. The number of ether oxygens (including phenoxy) is 2. The molecular formula is C25H35N4O4S+. The number of aryl methyl sites for hydroxylation is 1. The summed E-state index contributed by atoms with van der Waals surface area (Å²) in [6.45, 7) is 8.62. The average molecular weight is 488 g/mol. The standard InChI is InChI=1S/C25H35N4O4S/c1-18(2)34(4)13-12-32-17-29-22-9-6-5-8-20(22)26-23(29)10-7-11-28-14-19(15-28)24-27-21(16-33-24)25(30)31-3/h5-6,8-9,16,18-19H,7,10-15,17H2,1-4H3/q+1. The number of carbonyl (C=O) groups excluding carboxylic acids is 1. The predicted octanol–water partition coefficient (Wildman–Crippen LogP) is 3.47. The first-order valence-corrected chi connectivity index (χ1v) is 13.7. The van der Waals surface area contributed by atoms with Crippen LogP contribution < -0.4 is 0 Å². The van der Waals surface area contributed by atoms with Crippen molar-refractivity contribution < 1.29 is 18.7 Å². The number of benzene rings is 1. The summed E-state index contributed by atoms with van der Waals surface area (Å²) in [4.78, 5) is 23.1. The van der Waals surface area contributed by atoms with E-state index in [0.717, 1.165) is 61.7 Å². The Bertz CT molecular complexity index is 1090. The zero-order valence-electron chi connectivity index (χ0n) is 20.5. The van der Waals surface area contributed by atoms with Gasteiger partial charge in [-0.25, -0.2) is 14.8 Å². The molecule has 1 unspecified atom stereocenters. The minimum Gasteiger partial charge on any atom is -0.464 e. The van der Waals surface area contributed by atoms with Gasteiger partial charge in [0, 0.05) is 19.5 Å². The van der Waals surface area contributed by atoms with Gasteiger partial charge in [0.15, 0.2) is 5.69 Å². The molecule has 0 aliphatic carbocycles. The number of aromatic nitrogens is 3. The summed E-state index contributed by atoms with van der Waals surface area (Å²) in [6.07, 6.45) is 5.60. The molecule has 1 saturated heterocycles. The number of nitrogens with zero attached hydrogens (tertiary/aromatic N) is 4. The van der Waals surface area contributed by atoms with Gasteiger partial charge in [-0.2, -0.15) is 0 Å². The lowest BCUT2D eigenvalue weighted by Gasteiger charge is -2.37. The van der Waals surface area contributed by atoms with E-state index < -0.39 is 5.97 Å². The molecule has 4 rings (SSSR count). The fourth-order valence-corrected chi connectivity index (χ4v) is 4.94. The van der Waals surface area contributed by atoms with Crippen molar-refractivity contribution in [2.45, 2.75) is 44.6 Å². The molecule has 0 saturated carbocycles. The molecular weight excluding hydrogens is 452 g/mol. The topological polar surface area (TPSA) is 82.6 Å². The first kappa shape index (κ1) is 24.8. The van der Waals surface area contributed by atoms with E-state index in [2.05, 4.69) is 52.8 Å². The van der Waals surface area contributed by atoms with Gasteiger partial charge in [-0.05, 0) is 49.8 Å². The first-order valence-electron chi connectivity index (χ1n) is 11.9. The normalized spacial score (nSPS) is 15.7. The second-order valence-electron chi connectivity index (χ2n) is 9.05. The van der Waals surface area contributed by atoms with Crippen LogP contribution in [0.1, 0.15) is 48.4 Å². The number of imidazole rings is 1. The minimum atomic E-state index is -0.465. The number of esters is 1. The third-order valence-electron chi connectivity index (χ3n) is 6.41. The van der Waals surface area contributed by atoms with Crippen LogP contribution in [0.25, 0.3) is 11.0 Å². The number of rotatable bonds is 12. The zero-order valence-corrected chi connectivity index (χ0v) is 21.3. The number of likely N-dealkylation sites (tertiary alicyclic amines) is 1. The smallest absolute Gasteiger partial charge is 0.360 e. The number of para-hydroxylation sites is 2. The molecule has 0 N–H and O–H groups in total. The molecule has 2 aromatic heterocycles. The van der Waals surface area contributed by atoms with Crippen LogP contribution in [0.2, 0.25) is 0 Å². The summed E-state index contributed by atoms with van der Waals surface area (Å²) in [5, 5.41) is 0.702. The van der Waals surface area contributed by atoms with Crippen molar-refractivity contribution in [3.63, 3.8) is 0 Å². The maximum atomic E-state index is 11.6. The van der Waals surface area contributed by atoms with Gasteiger partial charge in [0.2, 0.25) is 5.89 Å². The maximum absolute atomic E-state index is 11.6. The molecule has 34 heavy (non-hydrogen) atoms.